The lowest BCUT2D eigenvalue weighted by atomic mass is 10.5. The van der Waals surface area contributed by atoms with Crippen LogP contribution in [0.5, 0.6) is 0 Å². The smallest absolute Gasteiger partial charge is 0.158 e. The van der Waals surface area contributed by atoms with E-state index in [1.807, 2.05) is 21.0 Å². The van der Waals surface area contributed by atoms with Gasteiger partial charge in [0.1, 0.15) is 17.6 Å². The van der Waals surface area contributed by atoms with Crippen molar-refractivity contribution in [2.24, 2.45) is 0 Å². The first kappa shape index (κ1) is 14.2. The number of nitrogens with zero attached hydrogens (tertiary/aromatic N) is 3. The zero-order chi connectivity index (χ0) is 12.7. The molecule has 0 aliphatic rings. The second-order valence-corrected chi connectivity index (χ2v) is 4.25. The Morgan fingerprint density at radius 1 is 1.41 bits per heavy atom. The Bertz CT molecular complexity index is 346. The second kappa shape index (κ2) is 7.42. The monoisotopic (exact) mass is 258 g/mol. The van der Waals surface area contributed by atoms with E-state index in [2.05, 4.69) is 20.2 Å². The van der Waals surface area contributed by atoms with Crippen molar-refractivity contribution < 1.29 is 4.74 Å². The van der Waals surface area contributed by atoms with Gasteiger partial charge < -0.3 is 15.0 Å². The standard InChI is InChI=1S/C11H19ClN4O/c1-4-17-8-11-14-9(12)7-10(15-11)13-5-6-16(2)3/h7H,4-6,8H2,1-3H3,(H,13,14,15). The molecule has 5 nitrogen and oxygen atoms in total. The van der Waals surface area contributed by atoms with E-state index in [1.165, 1.54) is 0 Å². The molecule has 1 aromatic rings. The van der Waals surface area contributed by atoms with Gasteiger partial charge in [-0.25, -0.2) is 9.97 Å². The average molecular weight is 259 g/mol. The third kappa shape index (κ3) is 5.81. The molecule has 1 heterocycles. The van der Waals surface area contributed by atoms with Crippen molar-refractivity contribution in [2.45, 2.75) is 13.5 Å². The molecular formula is C11H19ClN4O. The van der Waals surface area contributed by atoms with Gasteiger partial charge in [-0.15, -0.1) is 0 Å². The summed E-state index contributed by atoms with van der Waals surface area (Å²) in [5.41, 5.74) is 0. The van der Waals surface area contributed by atoms with E-state index in [4.69, 9.17) is 16.3 Å². The van der Waals surface area contributed by atoms with Crippen molar-refractivity contribution in [3.8, 4) is 0 Å². The maximum absolute atomic E-state index is 5.91. The zero-order valence-corrected chi connectivity index (χ0v) is 11.3. The molecule has 0 aromatic carbocycles. The van der Waals surface area contributed by atoms with Gasteiger partial charge in [0.2, 0.25) is 0 Å². The molecule has 0 spiro atoms. The fraction of sp³-hybridized carbons (Fsp3) is 0.636. The maximum Gasteiger partial charge on any atom is 0.158 e. The second-order valence-electron chi connectivity index (χ2n) is 3.86. The molecule has 1 rings (SSSR count). The highest BCUT2D eigenvalue weighted by Crippen LogP contribution is 2.11. The molecule has 0 aliphatic carbocycles. The van der Waals surface area contributed by atoms with Crippen LogP contribution in [-0.4, -0.2) is 48.7 Å². The number of ether oxygens (including phenoxy) is 1. The van der Waals surface area contributed by atoms with Crippen LogP contribution in [-0.2, 0) is 11.3 Å². The Morgan fingerprint density at radius 3 is 2.82 bits per heavy atom. The number of anilines is 1. The van der Waals surface area contributed by atoms with Crippen LogP contribution in [0.4, 0.5) is 5.82 Å². The minimum absolute atomic E-state index is 0.388. The van der Waals surface area contributed by atoms with Crippen molar-refractivity contribution in [1.82, 2.24) is 14.9 Å². The summed E-state index contributed by atoms with van der Waals surface area (Å²) in [4.78, 5) is 10.5. The SMILES string of the molecule is CCOCc1nc(Cl)cc(NCCN(C)C)n1. The first-order valence-electron chi connectivity index (χ1n) is 5.61. The summed E-state index contributed by atoms with van der Waals surface area (Å²) in [5.74, 6) is 1.34. The minimum Gasteiger partial charge on any atom is -0.374 e. The Labute approximate surface area is 107 Å². The van der Waals surface area contributed by atoms with Gasteiger partial charge in [0.15, 0.2) is 5.82 Å². The van der Waals surface area contributed by atoms with Crippen LogP contribution in [0.1, 0.15) is 12.7 Å². The van der Waals surface area contributed by atoms with Crippen LogP contribution in [0.15, 0.2) is 6.07 Å². The first-order valence-corrected chi connectivity index (χ1v) is 5.99. The molecule has 0 radical (unpaired) electrons. The van der Waals surface area contributed by atoms with Crippen molar-refractivity contribution in [3.05, 3.63) is 17.0 Å². The van der Waals surface area contributed by atoms with Gasteiger partial charge in [-0.05, 0) is 21.0 Å². The van der Waals surface area contributed by atoms with Crippen molar-refractivity contribution >= 4 is 17.4 Å². The number of nitrogens with one attached hydrogen (secondary N) is 1. The summed E-state index contributed by atoms with van der Waals surface area (Å²) >= 11 is 5.91. The molecule has 0 unspecified atom stereocenters. The molecular weight excluding hydrogens is 240 g/mol. The van der Waals surface area contributed by atoms with E-state index in [0.29, 0.717) is 24.2 Å². The van der Waals surface area contributed by atoms with Crippen molar-refractivity contribution in [3.63, 3.8) is 0 Å². The molecule has 6 heteroatoms. The first-order chi connectivity index (χ1) is 8.11. The summed E-state index contributed by atoms with van der Waals surface area (Å²) in [6.07, 6.45) is 0. The molecule has 1 N–H and O–H groups in total. The van der Waals surface area contributed by atoms with Gasteiger partial charge >= 0.3 is 0 Å². The van der Waals surface area contributed by atoms with E-state index < -0.39 is 0 Å². The predicted octanol–water partition coefficient (Wildman–Crippen LogP) is 1.64. The Hall–Kier alpha value is -0.910. The van der Waals surface area contributed by atoms with Crippen LogP contribution in [0.3, 0.4) is 0 Å². The molecule has 0 fully saturated rings. The van der Waals surface area contributed by atoms with E-state index >= 15 is 0 Å². The fourth-order valence-corrected chi connectivity index (χ4v) is 1.42. The largest absolute Gasteiger partial charge is 0.374 e. The molecule has 17 heavy (non-hydrogen) atoms. The highest BCUT2D eigenvalue weighted by molar-refractivity contribution is 6.29. The van der Waals surface area contributed by atoms with E-state index in [-0.39, 0.29) is 0 Å². The van der Waals surface area contributed by atoms with Gasteiger partial charge in [-0.3, -0.25) is 0 Å². The Morgan fingerprint density at radius 2 is 2.18 bits per heavy atom. The topological polar surface area (TPSA) is 50.3 Å². The van der Waals surface area contributed by atoms with Gasteiger partial charge in [0.05, 0.1) is 0 Å². The average Bonchev–Trinajstić information content (AvgIpc) is 2.25. The van der Waals surface area contributed by atoms with Gasteiger partial charge in [0, 0.05) is 25.8 Å². The van der Waals surface area contributed by atoms with E-state index in [0.717, 1.165) is 18.9 Å². The predicted molar refractivity (Wildman–Crippen MR) is 69.4 cm³/mol. The highest BCUT2D eigenvalue weighted by atomic mass is 35.5. The number of halogens is 1. The normalized spacial score (nSPS) is 10.9. The number of aromatic nitrogens is 2. The van der Waals surface area contributed by atoms with Crippen molar-refractivity contribution in [2.75, 3.05) is 39.1 Å². The number of rotatable bonds is 7. The molecule has 1 aromatic heterocycles. The fourth-order valence-electron chi connectivity index (χ4n) is 1.22. The lowest BCUT2D eigenvalue weighted by Crippen LogP contribution is -2.21. The maximum atomic E-state index is 5.91. The van der Waals surface area contributed by atoms with Crippen molar-refractivity contribution in [1.29, 1.82) is 0 Å². The summed E-state index contributed by atoms with van der Waals surface area (Å²) in [6.45, 7) is 4.70. The summed E-state index contributed by atoms with van der Waals surface area (Å²) in [7, 11) is 4.05. The Balaban J connectivity index is 2.55. The lowest BCUT2D eigenvalue weighted by Gasteiger charge is -2.11. The van der Waals surface area contributed by atoms with Gasteiger partial charge in [0.25, 0.3) is 0 Å². The van der Waals surface area contributed by atoms with E-state index in [9.17, 15) is 0 Å². The summed E-state index contributed by atoms with van der Waals surface area (Å²) in [5, 5.41) is 3.63. The van der Waals surface area contributed by atoms with E-state index in [1.54, 1.807) is 6.07 Å². The summed E-state index contributed by atoms with van der Waals surface area (Å²) in [6, 6.07) is 1.71. The highest BCUT2D eigenvalue weighted by Gasteiger charge is 2.03. The number of hydrogen-bond donors (Lipinski definition) is 1. The van der Waals surface area contributed by atoms with Crippen LogP contribution in [0, 0.1) is 0 Å². The Kier molecular flexibility index (Phi) is 6.18. The minimum atomic E-state index is 0.388. The van der Waals surface area contributed by atoms with Crippen LogP contribution in [0.2, 0.25) is 5.15 Å². The third-order valence-corrected chi connectivity index (χ3v) is 2.24. The molecule has 0 amide bonds. The molecule has 0 saturated heterocycles. The third-order valence-electron chi connectivity index (χ3n) is 2.04. The van der Waals surface area contributed by atoms with Crippen LogP contribution >= 0.6 is 11.6 Å². The molecule has 0 atom stereocenters. The molecule has 0 aliphatic heterocycles. The van der Waals surface area contributed by atoms with Gasteiger partial charge in [-0.2, -0.15) is 0 Å². The quantitative estimate of drug-likeness (QED) is 0.754. The number of hydrogen-bond acceptors (Lipinski definition) is 5. The van der Waals surface area contributed by atoms with Crippen LogP contribution < -0.4 is 5.32 Å². The van der Waals surface area contributed by atoms with Gasteiger partial charge in [-0.1, -0.05) is 11.6 Å². The summed E-state index contributed by atoms with van der Waals surface area (Å²) < 4.78 is 5.25. The zero-order valence-electron chi connectivity index (χ0n) is 10.5. The van der Waals surface area contributed by atoms with Crippen LogP contribution in [0.25, 0.3) is 0 Å². The molecule has 0 saturated carbocycles. The molecule has 0 bridgehead atoms. The molecule has 96 valence electrons. The number of likely N-dealkylation sites (N-methyl/N-ethyl adjacent to an activating group) is 1. The lowest BCUT2D eigenvalue weighted by molar-refractivity contribution is 0.128.